The number of amidine groups is 1. The summed E-state index contributed by atoms with van der Waals surface area (Å²) in [5.41, 5.74) is 13.5. The molecule has 0 radical (unpaired) electrons. The average Bonchev–Trinajstić information content (AvgIpc) is 3.38. The van der Waals surface area contributed by atoms with E-state index in [9.17, 15) is 4.79 Å². The molecule has 2 aromatic heterocycles. The highest BCUT2D eigenvalue weighted by atomic mass is 16.5. The fourth-order valence-electron chi connectivity index (χ4n) is 6.29. The van der Waals surface area contributed by atoms with Crippen molar-refractivity contribution in [3.63, 3.8) is 0 Å². The average molecular weight is 455 g/mol. The van der Waals surface area contributed by atoms with E-state index in [2.05, 4.69) is 33.4 Å². The summed E-state index contributed by atoms with van der Waals surface area (Å²) in [6.45, 7) is 1.72. The SMILES string of the molecule is COC(=O)c1ccc2c(C3CCCCC3)c3n(c2c1)CCCn1cc(C(=N)N)c2cccc-3c21. The molecule has 6 nitrogen and oxygen atoms in total. The Labute approximate surface area is 198 Å². The van der Waals surface area contributed by atoms with Crippen LogP contribution in [0.2, 0.25) is 0 Å². The summed E-state index contributed by atoms with van der Waals surface area (Å²) in [6.07, 6.45) is 9.21. The lowest BCUT2D eigenvalue weighted by Gasteiger charge is -2.25. The van der Waals surface area contributed by atoms with Crippen molar-refractivity contribution < 1.29 is 9.53 Å². The molecule has 4 aromatic rings. The summed E-state index contributed by atoms with van der Waals surface area (Å²) in [6, 6.07) is 12.4. The number of hydrogen-bond acceptors (Lipinski definition) is 3. The van der Waals surface area contributed by atoms with Crippen LogP contribution in [0, 0.1) is 5.41 Å². The first kappa shape index (κ1) is 21.0. The van der Waals surface area contributed by atoms with Gasteiger partial charge in [0.1, 0.15) is 5.84 Å². The number of methoxy groups -OCH3 is 1. The van der Waals surface area contributed by atoms with Gasteiger partial charge in [0.05, 0.1) is 23.9 Å². The van der Waals surface area contributed by atoms with Crippen molar-refractivity contribution in [1.82, 2.24) is 9.13 Å². The molecule has 0 saturated heterocycles. The van der Waals surface area contributed by atoms with Gasteiger partial charge in [-0.3, -0.25) is 5.41 Å². The van der Waals surface area contributed by atoms with E-state index in [4.69, 9.17) is 15.9 Å². The van der Waals surface area contributed by atoms with Crippen LogP contribution < -0.4 is 5.73 Å². The second-order valence-corrected chi connectivity index (χ2v) is 9.68. The Morgan fingerprint density at radius 3 is 2.65 bits per heavy atom. The summed E-state index contributed by atoms with van der Waals surface area (Å²) in [4.78, 5) is 12.4. The van der Waals surface area contributed by atoms with Crippen molar-refractivity contribution in [2.75, 3.05) is 7.11 Å². The number of nitrogen functional groups attached to an aromatic ring is 1. The predicted octanol–water partition coefficient (Wildman–Crippen LogP) is 5.79. The van der Waals surface area contributed by atoms with Crippen molar-refractivity contribution >= 4 is 33.6 Å². The van der Waals surface area contributed by atoms with Crippen LogP contribution >= 0.6 is 0 Å². The number of para-hydroxylation sites is 1. The lowest BCUT2D eigenvalue weighted by atomic mass is 9.81. The van der Waals surface area contributed by atoms with Crippen LogP contribution in [0.3, 0.4) is 0 Å². The molecule has 1 saturated carbocycles. The summed E-state index contributed by atoms with van der Waals surface area (Å²) in [5, 5.41) is 10.4. The van der Waals surface area contributed by atoms with Gasteiger partial charge in [0, 0.05) is 46.7 Å². The molecular weight excluding hydrogens is 424 g/mol. The fraction of sp³-hybridized carbons (Fsp3) is 0.357. The van der Waals surface area contributed by atoms with Gasteiger partial charge in [-0.25, -0.2) is 4.79 Å². The molecule has 6 heteroatoms. The van der Waals surface area contributed by atoms with Crippen LogP contribution in [0.15, 0.2) is 42.6 Å². The van der Waals surface area contributed by atoms with Gasteiger partial charge in [-0.1, -0.05) is 43.5 Å². The fourth-order valence-corrected chi connectivity index (χ4v) is 6.29. The van der Waals surface area contributed by atoms with E-state index < -0.39 is 0 Å². The number of esters is 1. The summed E-state index contributed by atoms with van der Waals surface area (Å²) < 4.78 is 9.75. The summed E-state index contributed by atoms with van der Waals surface area (Å²) >= 11 is 0. The quantitative estimate of drug-likeness (QED) is 0.234. The molecule has 0 atom stereocenters. The molecule has 3 heterocycles. The highest BCUT2D eigenvalue weighted by Gasteiger charge is 2.29. The molecule has 2 aliphatic rings. The van der Waals surface area contributed by atoms with Gasteiger partial charge in [-0.05, 0) is 42.9 Å². The maximum Gasteiger partial charge on any atom is 0.337 e. The van der Waals surface area contributed by atoms with E-state index >= 15 is 0 Å². The molecular formula is C28H30N4O2. The maximum atomic E-state index is 12.4. The van der Waals surface area contributed by atoms with Crippen LogP contribution in [-0.4, -0.2) is 28.0 Å². The van der Waals surface area contributed by atoms with Crippen LogP contribution in [0.4, 0.5) is 0 Å². The number of aryl methyl sites for hydroxylation is 2. The Morgan fingerprint density at radius 2 is 1.88 bits per heavy atom. The van der Waals surface area contributed by atoms with Crippen molar-refractivity contribution in [2.45, 2.75) is 57.5 Å². The number of carbonyl (C=O) groups excluding carboxylic acids is 1. The van der Waals surface area contributed by atoms with Crippen LogP contribution in [-0.2, 0) is 17.8 Å². The van der Waals surface area contributed by atoms with Crippen molar-refractivity contribution in [1.29, 1.82) is 5.41 Å². The third-order valence-electron chi connectivity index (χ3n) is 7.76. The van der Waals surface area contributed by atoms with Gasteiger partial charge >= 0.3 is 5.97 Å². The second kappa shape index (κ2) is 8.05. The van der Waals surface area contributed by atoms with E-state index in [0.29, 0.717) is 11.5 Å². The molecule has 6 rings (SSSR count). The van der Waals surface area contributed by atoms with E-state index in [-0.39, 0.29) is 11.8 Å². The van der Waals surface area contributed by atoms with Crippen LogP contribution in [0.5, 0.6) is 0 Å². The highest BCUT2D eigenvalue weighted by Crippen LogP contribution is 2.46. The van der Waals surface area contributed by atoms with E-state index in [1.807, 2.05) is 18.3 Å². The normalized spacial score (nSPS) is 16.3. The predicted molar refractivity (Wildman–Crippen MR) is 136 cm³/mol. The molecule has 2 aromatic carbocycles. The number of rotatable bonds is 3. The van der Waals surface area contributed by atoms with E-state index in [0.717, 1.165) is 41.5 Å². The number of carbonyl (C=O) groups is 1. The molecule has 0 unspecified atom stereocenters. The zero-order chi connectivity index (χ0) is 23.4. The Bertz CT molecular complexity index is 1450. The highest BCUT2D eigenvalue weighted by molar-refractivity contribution is 6.11. The number of nitrogens with one attached hydrogen (secondary N) is 1. The number of fused-ring (bicyclic) bond motifs is 4. The van der Waals surface area contributed by atoms with Gasteiger partial charge in [0.2, 0.25) is 0 Å². The van der Waals surface area contributed by atoms with Gasteiger partial charge < -0.3 is 19.6 Å². The molecule has 0 bridgehead atoms. The minimum atomic E-state index is -0.301. The molecule has 1 aliphatic carbocycles. The van der Waals surface area contributed by atoms with Gasteiger partial charge in [0.15, 0.2) is 0 Å². The number of nitrogens with two attached hydrogens (primary N) is 1. The second-order valence-electron chi connectivity index (χ2n) is 9.68. The molecule has 1 fully saturated rings. The Balaban J connectivity index is 1.71. The molecule has 34 heavy (non-hydrogen) atoms. The van der Waals surface area contributed by atoms with Crippen molar-refractivity contribution in [2.24, 2.45) is 5.73 Å². The largest absolute Gasteiger partial charge is 0.465 e. The number of hydrogen-bond donors (Lipinski definition) is 2. The molecule has 174 valence electrons. The monoisotopic (exact) mass is 454 g/mol. The maximum absolute atomic E-state index is 12.4. The number of benzene rings is 2. The zero-order valence-electron chi connectivity index (χ0n) is 19.6. The number of aromatic nitrogens is 2. The first-order chi connectivity index (χ1) is 16.6. The molecule has 3 N–H and O–H groups in total. The minimum absolute atomic E-state index is 0.107. The smallest absolute Gasteiger partial charge is 0.337 e. The lowest BCUT2D eigenvalue weighted by molar-refractivity contribution is 0.0601. The van der Waals surface area contributed by atoms with E-state index in [1.165, 1.54) is 61.4 Å². The lowest BCUT2D eigenvalue weighted by Crippen LogP contribution is -2.11. The van der Waals surface area contributed by atoms with Gasteiger partial charge in [-0.15, -0.1) is 0 Å². The third kappa shape index (κ3) is 3.08. The minimum Gasteiger partial charge on any atom is -0.465 e. The Morgan fingerprint density at radius 1 is 1.06 bits per heavy atom. The standard InChI is InChI=1S/C28H30N4O2/c1-34-28(33)18-11-12-20-23(15-18)32-14-6-13-31-16-22(27(29)30)19-9-5-10-21(25(19)31)26(32)24(20)17-7-3-2-4-8-17/h5,9-12,15-17H,2-4,6-8,13-14H2,1H3,(H3,29,30). The molecule has 1 aliphatic heterocycles. The van der Waals surface area contributed by atoms with Gasteiger partial charge in [0.25, 0.3) is 0 Å². The topological polar surface area (TPSA) is 86.0 Å². The summed E-state index contributed by atoms with van der Waals surface area (Å²) in [5.74, 6) is 0.308. The summed E-state index contributed by atoms with van der Waals surface area (Å²) in [7, 11) is 1.43. The number of nitrogens with zero attached hydrogens (tertiary/aromatic N) is 2. The molecule has 0 spiro atoms. The third-order valence-corrected chi connectivity index (χ3v) is 7.76. The first-order valence-corrected chi connectivity index (χ1v) is 12.3. The van der Waals surface area contributed by atoms with Crippen molar-refractivity contribution in [3.8, 4) is 11.3 Å². The zero-order valence-corrected chi connectivity index (χ0v) is 19.6. The van der Waals surface area contributed by atoms with Crippen molar-refractivity contribution in [3.05, 3.63) is 59.3 Å². The van der Waals surface area contributed by atoms with Gasteiger partial charge in [-0.2, -0.15) is 0 Å². The first-order valence-electron chi connectivity index (χ1n) is 12.3. The van der Waals surface area contributed by atoms with Crippen LogP contribution in [0.25, 0.3) is 33.1 Å². The van der Waals surface area contributed by atoms with Crippen LogP contribution in [0.1, 0.15) is 65.9 Å². The Hall–Kier alpha value is -3.54. The number of ether oxygens (including phenoxy) is 1. The Kier molecular flexibility index (Phi) is 4.97. The van der Waals surface area contributed by atoms with E-state index in [1.54, 1.807) is 0 Å². The molecule has 0 amide bonds.